The normalized spacial score (nSPS) is 19.2. The van der Waals surface area contributed by atoms with Gasteiger partial charge in [-0.25, -0.2) is 4.79 Å². The number of carbonyl (C=O) groups excluding carboxylic acids is 2. The third-order valence-corrected chi connectivity index (χ3v) is 5.89. The van der Waals surface area contributed by atoms with Gasteiger partial charge >= 0.3 is 6.03 Å². The van der Waals surface area contributed by atoms with Crippen LogP contribution in [0, 0.1) is 0 Å². The van der Waals surface area contributed by atoms with E-state index >= 15 is 0 Å². The second-order valence-electron chi connectivity index (χ2n) is 7.24. The van der Waals surface area contributed by atoms with Crippen LogP contribution in [0.4, 0.5) is 10.5 Å². The van der Waals surface area contributed by atoms with Crippen LogP contribution in [-0.2, 0) is 0 Å². The Hall–Kier alpha value is -2.50. The monoisotopic (exact) mass is 429 g/mol. The molecule has 1 unspecified atom stereocenters. The van der Waals surface area contributed by atoms with Gasteiger partial charge < -0.3 is 15.5 Å². The molecule has 0 radical (unpaired) electrons. The third-order valence-electron chi connectivity index (χ3n) is 5.33. The Bertz CT molecular complexity index is 967. The SMILES string of the molecule is O=C1NC=C(C(=O)c2ccc(N3CCCCC3)cc2)C(c2ccc(Cl)cc2Cl)N1. The van der Waals surface area contributed by atoms with Gasteiger partial charge in [-0.3, -0.25) is 4.79 Å². The van der Waals surface area contributed by atoms with Gasteiger partial charge in [-0.15, -0.1) is 0 Å². The summed E-state index contributed by atoms with van der Waals surface area (Å²) in [4.78, 5) is 27.5. The number of amides is 2. The predicted octanol–water partition coefficient (Wildman–Crippen LogP) is 5.10. The number of urea groups is 1. The molecule has 0 aliphatic carbocycles. The van der Waals surface area contributed by atoms with Crippen LogP contribution in [-0.4, -0.2) is 24.9 Å². The molecule has 0 bridgehead atoms. The average Bonchev–Trinajstić information content (AvgIpc) is 2.74. The largest absolute Gasteiger partial charge is 0.372 e. The first-order valence-electron chi connectivity index (χ1n) is 9.65. The summed E-state index contributed by atoms with van der Waals surface area (Å²) < 4.78 is 0. The van der Waals surface area contributed by atoms with Crippen molar-refractivity contribution in [1.82, 2.24) is 10.6 Å². The first-order chi connectivity index (χ1) is 14.0. The highest BCUT2D eigenvalue weighted by atomic mass is 35.5. The average molecular weight is 430 g/mol. The second-order valence-corrected chi connectivity index (χ2v) is 8.08. The van der Waals surface area contributed by atoms with Gasteiger partial charge in [0.2, 0.25) is 0 Å². The van der Waals surface area contributed by atoms with E-state index in [0.29, 0.717) is 26.7 Å². The Morgan fingerprint density at radius 2 is 1.72 bits per heavy atom. The zero-order valence-electron chi connectivity index (χ0n) is 15.8. The van der Waals surface area contributed by atoms with Crippen molar-refractivity contribution in [3.63, 3.8) is 0 Å². The molecule has 0 saturated carbocycles. The lowest BCUT2D eigenvalue weighted by Gasteiger charge is -2.29. The van der Waals surface area contributed by atoms with Crippen molar-refractivity contribution < 1.29 is 9.59 Å². The summed E-state index contributed by atoms with van der Waals surface area (Å²) in [6, 6.07) is 11.6. The summed E-state index contributed by atoms with van der Waals surface area (Å²) in [6.07, 6.45) is 5.12. The van der Waals surface area contributed by atoms with Crippen LogP contribution in [0.15, 0.2) is 54.2 Å². The first kappa shape index (κ1) is 19.8. The molecule has 1 atom stereocenters. The van der Waals surface area contributed by atoms with Crippen LogP contribution in [0.25, 0.3) is 0 Å². The van der Waals surface area contributed by atoms with Gasteiger partial charge in [0.05, 0.1) is 6.04 Å². The molecule has 2 aliphatic rings. The van der Waals surface area contributed by atoms with E-state index in [2.05, 4.69) is 15.5 Å². The fourth-order valence-electron chi connectivity index (χ4n) is 3.80. The second kappa shape index (κ2) is 8.47. The summed E-state index contributed by atoms with van der Waals surface area (Å²) in [5.41, 5.74) is 2.72. The van der Waals surface area contributed by atoms with Crippen molar-refractivity contribution in [3.05, 3.63) is 75.4 Å². The van der Waals surface area contributed by atoms with Crippen LogP contribution >= 0.6 is 23.2 Å². The summed E-state index contributed by atoms with van der Waals surface area (Å²) >= 11 is 12.3. The van der Waals surface area contributed by atoms with Gasteiger partial charge in [-0.1, -0.05) is 29.3 Å². The Balaban J connectivity index is 1.61. The molecule has 1 saturated heterocycles. The third kappa shape index (κ3) is 4.26. The number of hydrogen-bond donors (Lipinski definition) is 2. The lowest BCUT2D eigenvalue weighted by atomic mass is 9.91. The number of piperidine rings is 1. The maximum Gasteiger partial charge on any atom is 0.319 e. The van der Waals surface area contributed by atoms with E-state index in [9.17, 15) is 9.59 Å². The maximum absolute atomic E-state index is 13.2. The van der Waals surface area contributed by atoms with E-state index in [1.807, 2.05) is 24.3 Å². The molecule has 150 valence electrons. The molecule has 2 amide bonds. The molecule has 5 nitrogen and oxygen atoms in total. The number of benzene rings is 2. The van der Waals surface area contributed by atoms with Gasteiger partial charge in [-0.2, -0.15) is 0 Å². The maximum atomic E-state index is 13.2. The van der Waals surface area contributed by atoms with Crippen molar-refractivity contribution in [2.24, 2.45) is 0 Å². The molecule has 2 aromatic carbocycles. The van der Waals surface area contributed by atoms with Crippen molar-refractivity contribution in [1.29, 1.82) is 0 Å². The van der Waals surface area contributed by atoms with Crippen molar-refractivity contribution in [2.45, 2.75) is 25.3 Å². The van der Waals surface area contributed by atoms with Gasteiger partial charge in [0, 0.05) is 46.2 Å². The highest BCUT2D eigenvalue weighted by molar-refractivity contribution is 6.35. The molecule has 2 aromatic rings. The Morgan fingerprint density at radius 1 is 1.00 bits per heavy atom. The lowest BCUT2D eigenvalue weighted by molar-refractivity contribution is 0.102. The number of anilines is 1. The van der Waals surface area contributed by atoms with E-state index < -0.39 is 12.1 Å². The van der Waals surface area contributed by atoms with Gasteiger partial charge in [0.25, 0.3) is 0 Å². The minimum absolute atomic E-state index is 0.168. The molecule has 29 heavy (non-hydrogen) atoms. The molecule has 1 fully saturated rings. The number of ketones is 1. The molecule has 4 rings (SSSR count). The highest BCUT2D eigenvalue weighted by Crippen LogP contribution is 2.33. The predicted molar refractivity (Wildman–Crippen MR) is 116 cm³/mol. The van der Waals surface area contributed by atoms with Crippen LogP contribution in [0.2, 0.25) is 10.0 Å². The first-order valence-corrected chi connectivity index (χ1v) is 10.4. The molecular weight excluding hydrogens is 409 g/mol. The molecule has 7 heteroatoms. The van der Waals surface area contributed by atoms with Crippen LogP contribution in [0.3, 0.4) is 0 Å². The van der Waals surface area contributed by atoms with E-state index in [1.165, 1.54) is 25.5 Å². The standard InChI is InChI=1S/C22H21Cl2N3O2/c23-15-6-9-17(19(24)12-15)20-18(13-25-22(29)26-20)21(28)14-4-7-16(8-5-14)27-10-2-1-3-11-27/h4-9,12-13,20H,1-3,10-11H2,(H2,25,26,29). The topological polar surface area (TPSA) is 61.4 Å². The summed E-state index contributed by atoms with van der Waals surface area (Å²) in [7, 11) is 0. The Labute approximate surface area is 179 Å². The van der Waals surface area contributed by atoms with E-state index in [4.69, 9.17) is 23.2 Å². The summed E-state index contributed by atoms with van der Waals surface area (Å²) in [6.45, 7) is 2.09. The van der Waals surface area contributed by atoms with Crippen molar-refractivity contribution in [2.75, 3.05) is 18.0 Å². The molecule has 2 N–H and O–H groups in total. The number of Topliss-reactive ketones (excluding diaryl/α,β-unsaturated/α-hetero) is 1. The molecular formula is C22H21Cl2N3O2. The molecule has 0 aromatic heterocycles. The lowest BCUT2D eigenvalue weighted by Crippen LogP contribution is -2.42. The Kier molecular flexibility index (Phi) is 5.79. The number of carbonyl (C=O) groups is 2. The number of rotatable bonds is 4. The number of nitrogens with zero attached hydrogens (tertiary/aromatic N) is 1. The number of halogens is 2. The fraction of sp³-hybridized carbons (Fsp3) is 0.273. The van der Waals surface area contributed by atoms with E-state index in [-0.39, 0.29) is 5.78 Å². The summed E-state index contributed by atoms with van der Waals surface area (Å²) in [5, 5.41) is 6.23. The number of hydrogen-bond acceptors (Lipinski definition) is 3. The van der Waals surface area contributed by atoms with Gasteiger partial charge in [0.15, 0.2) is 5.78 Å². The zero-order chi connectivity index (χ0) is 20.4. The van der Waals surface area contributed by atoms with Gasteiger partial charge in [0.1, 0.15) is 0 Å². The summed E-state index contributed by atoms with van der Waals surface area (Å²) in [5.74, 6) is -0.168. The van der Waals surface area contributed by atoms with Crippen LogP contribution < -0.4 is 15.5 Å². The van der Waals surface area contributed by atoms with E-state index in [0.717, 1.165) is 18.8 Å². The molecule has 0 spiro atoms. The fourth-order valence-corrected chi connectivity index (χ4v) is 4.31. The van der Waals surface area contributed by atoms with Crippen LogP contribution in [0.5, 0.6) is 0 Å². The highest BCUT2D eigenvalue weighted by Gasteiger charge is 2.30. The van der Waals surface area contributed by atoms with Crippen molar-refractivity contribution >= 4 is 40.7 Å². The quantitative estimate of drug-likeness (QED) is 0.664. The minimum atomic E-state index is -0.650. The molecule has 2 aliphatic heterocycles. The zero-order valence-corrected chi connectivity index (χ0v) is 17.3. The molecule has 2 heterocycles. The van der Waals surface area contributed by atoms with Gasteiger partial charge in [-0.05, 0) is 61.2 Å². The minimum Gasteiger partial charge on any atom is -0.372 e. The van der Waals surface area contributed by atoms with Crippen molar-refractivity contribution in [3.8, 4) is 0 Å². The van der Waals surface area contributed by atoms with E-state index in [1.54, 1.807) is 18.2 Å². The van der Waals surface area contributed by atoms with Crippen LogP contribution in [0.1, 0.15) is 41.2 Å². The number of nitrogens with one attached hydrogen (secondary N) is 2. The smallest absolute Gasteiger partial charge is 0.319 e. The Morgan fingerprint density at radius 3 is 2.41 bits per heavy atom.